The lowest BCUT2D eigenvalue weighted by molar-refractivity contribution is 0.960. The molecule has 3 heteroatoms. The third kappa shape index (κ3) is 2.19. The quantitative estimate of drug-likeness (QED) is 0.589. The van der Waals surface area contributed by atoms with Gasteiger partial charge in [0.2, 0.25) is 0 Å². The molecule has 0 bridgehead atoms. The molecule has 0 saturated carbocycles. The lowest BCUT2D eigenvalue weighted by Gasteiger charge is -1.90. The van der Waals surface area contributed by atoms with Gasteiger partial charge in [-0.3, -0.25) is 4.79 Å². The highest BCUT2D eigenvalue weighted by molar-refractivity contribution is 7.04. The molecule has 0 radical (unpaired) electrons. The number of aryl methyl sites for hydroxylation is 1. The molecule has 0 aliphatic heterocycles. The van der Waals surface area contributed by atoms with Crippen molar-refractivity contribution in [3.05, 3.63) is 20.8 Å². The third-order valence-corrected chi connectivity index (χ3v) is 2.56. The van der Waals surface area contributed by atoms with Crippen molar-refractivity contribution in [2.45, 2.75) is 27.7 Å². The second-order valence-electron chi connectivity index (χ2n) is 2.09. The maximum atomic E-state index is 10.9. The Morgan fingerprint density at radius 1 is 1.27 bits per heavy atom. The summed E-state index contributed by atoms with van der Waals surface area (Å²) in [4.78, 5) is 10.9. The minimum Gasteiger partial charge on any atom is -0.302 e. The van der Waals surface area contributed by atoms with Crippen molar-refractivity contribution in [2.75, 3.05) is 0 Å². The first-order chi connectivity index (χ1) is 5.13. The molecular weight excluding hydrogens is 158 g/mol. The summed E-state index contributed by atoms with van der Waals surface area (Å²) in [5.41, 5.74) is 1.95. The fraction of sp³-hybridized carbons (Fsp3) is 0.625. The van der Waals surface area contributed by atoms with Crippen LogP contribution in [0.5, 0.6) is 0 Å². The lowest BCUT2D eigenvalue weighted by atomic mass is 10.3. The van der Waals surface area contributed by atoms with Crippen molar-refractivity contribution >= 4 is 11.5 Å². The molecule has 1 heterocycles. The standard InChI is InChI=1S/C6H9NOS.C2H6/c1-4-5(2)7(3)9-6(4)8;1-2/h1-3H3;1-2H3. The molecule has 0 atom stereocenters. The van der Waals surface area contributed by atoms with Gasteiger partial charge < -0.3 is 3.96 Å². The Bertz CT molecular complexity index is 272. The minimum atomic E-state index is 0.176. The zero-order chi connectivity index (χ0) is 9.02. The first kappa shape index (κ1) is 10.4. The average Bonchev–Trinajstić information content (AvgIpc) is 2.22. The van der Waals surface area contributed by atoms with Gasteiger partial charge in [-0.05, 0) is 25.4 Å². The molecule has 0 aromatic carbocycles. The van der Waals surface area contributed by atoms with E-state index >= 15 is 0 Å². The van der Waals surface area contributed by atoms with E-state index in [1.54, 1.807) is 0 Å². The number of hydrogen-bond donors (Lipinski definition) is 0. The van der Waals surface area contributed by atoms with Gasteiger partial charge >= 0.3 is 0 Å². The van der Waals surface area contributed by atoms with E-state index in [2.05, 4.69) is 0 Å². The van der Waals surface area contributed by atoms with Gasteiger partial charge in [0.25, 0.3) is 4.74 Å². The molecule has 0 aliphatic carbocycles. The van der Waals surface area contributed by atoms with Crippen LogP contribution in [0.1, 0.15) is 25.1 Å². The van der Waals surface area contributed by atoms with Crippen LogP contribution >= 0.6 is 11.5 Å². The molecule has 11 heavy (non-hydrogen) atoms. The van der Waals surface area contributed by atoms with E-state index in [9.17, 15) is 4.79 Å². The van der Waals surface area contributed by atoms with Crippen LogP contribution in [0.2, 0.25) is 0 Å². The van der Waals surface area contributed by atoms with Crippen molar-refractivity contribution in [1.29, 1.82) is 0 Å². The summed E-state index contributed by atoms with van der Waals surface area (Å²) in [7, 11) is 1.90. The van der Waals surface area contributed by atoms with Gasteiger partial charge in [-0.25, -0.2) is 0 Å². The van der Waals surface area contributed by atoms with E-state index in [4.69, 9.17) is 0 Å². The number of hydrogen-bond acceptors (Lipinski definition) is 2. The van der Waals surface area contributed by atoms with Crippen LogP contribution in [-0.4, -0.2) is 3.96 Å². The molecule has 0 fully saturated rings. The van der Waals surface area contributed by atoms with Crippen LogP contribution in [0.15, 0.2) is 4.79 Å². The second kappa shape index (κ2) is 4.34. The predicted octanol–water partition coefficient (Wildman–Crippen LogP) is 2.09. The molecule has 0 unspecified atom stereocenters. The van der Waals surface area contributed by atoms with Crippen LogP contribution in [-0.2, 0) is 7.05 Å². The summed E-state index contributed by atoms with van der Waals surface area (Å²) < 4.78 is 2.06. The zero-order valence-corrected chi connectivity index (χ0v) is 8.58. The van der Waals surface area contributed by atoms with Crippen molar-refractivity contribution in [2.24, 2.45) is 7.05 Å². The van der Waals surface area contributed by atoms with Crippen molar-refractivity contribution in [1.82, 2.24) is 3.96 Å². The van der Waals surface area contributed by atoms with Crippen LogP contribution in [0.4, 0.5) is 0 Å². The normalized spacial score (nSPS) is 8.82. The number of rotatable bonds is 0. The molecule has 0 amide bonds. The van der Waals surface area contributed by atoms with Gasteiger partial charge in [0.15, 0.2) is 0 Å². The molecule has 64 valence electrons. The number of aromatic nitrogens is 1. The maximum absolute atomic E-state index is 10.9. The van der Waals surface area contributed by atoms with Crippen LogP contribution in [0.3, 0.4) is 0 Å². The Labute approximate surface area is 71.6 Å². The van der Waals surface area contributed by atoms with E-state index in [1.807, 2.05) is 38.7 Å². The minimum absolute atomic E-state index is 0.176. The van der Waals surface area contributed by atoms with Crippen LogP contribution < -0.4 is 4.74 Å². The fourth-order valence-corrected chi connectivity index (χ4v) is 1.45. The van der Waals surface area contributed by atoms with Crippen LogP contribution in [0.25, 0.3) is 0 Å². The largest absolute Gasteiger partial charge is 0.302 e. The predicted molar refractivity (Wildman–Crippen MR) is 50.4 cm³/mol. The molecule has 0 aliphatic rings. The Morgan fingerprint density at radius 3 is 1.82 bits per heavy atom. The van der Waals surface area contributed by atoms with Crippen molar-refractivity contribution in [3.8, 4) is 0 Å². The summed E-state index contributed by atoms with van der Waals surface area (Å²) in [6.45, 7) is 7.81. The van der Waals surface area contributed by atoms with Gasteiger partial charge in [-0.1, -0.05) is 13.8 Å². The molecule has 1 aromatic heterocycles. The molecular formula is C8H15NOS. The third-order valence-electron chi connectivity index (χ3n) is 1.54. The molecule has 1 rings (SSSR count). The first-order valence-corrected chi connectivity index (χ1v) is 4.54. The summed E-state index contributed by atoms with van der Waals surface area (Å²) in [6, 6.07) is 0. The zero-order valence-electron chi connectivity index (χ0n) is 7.76. The van der Waals surface area contributed by atoms with Gasteiger partial charge in [0.1, 0.15) is 0 Å². The Morgan fingerprint density at radius 2 is 1.73 bits per heavy atom. The highest BCUT2D eigenvalue weighted by atomic mass is 32.1. The second-order valence-corrected chi connectivity index (χ2v) is 3.19. The van der Waals surface area contributed by atoms with E-state index in [-0.39, 0.29) is 4.74 Å². The van der Waals surface area contributed by atoms with E-state index in [0.717, 1.165) is 11.3 Å². The molecule has 0 spiro atoms. The summed E-state index contributed by atoms with van der Waals surface area (Å²) in [6.07, 6.45) is 0. The Kier molecular flexibility index (Phi) is 4.11. The molecule has 0 saturated heterocycles. The van der Waals surface area contributed by atoms with Gasteiger partial charge in [0.05, 0.1) is 0 Å². The summed E-state index contributed by atoms with van der Waals surface area (Å²) in [5.74, 6) is 0. The summed E-state index contributed by atoms with van der Waals surface area (Å²) >= 11 is 1.26. The maximum Gasteiger partial charge on any atom is 0.252 e. The van der Waals surface area contributed by atoms with E-state index in [1.165, 1.54) is 11.5 Å². The average molecular weight is 173 g/mol. The summed E-state index contributed by atoms with van der Waals surface area (Å²) in [5, 5.41) is 0. The topological polar surface area (TPSA) is 22.0 Å². The molecule has 0 N–H and O–H groups in total. The SMILES string of the molecule is CC.Cc1c(C)n(C)sc1=O. The molecule has 2 nitrogen and oxygen atoms in total. The fourth-order valence-electron chi connectivity index (χ4n) is 0.645. The van der Waals surface area contributed by atoms with Gasteiger partial charge in [-0.2, -0.15) is 0 Å². The number of nitrogens with zero attached hydrogens (tertiary/aromatic N) is 1. The first-order valence-electron chi connectivity index (χ1n) is 3.76. The Balaban J connectivity index is 0.000000461. The Hall–Kier alpha value is -0.570. The smallest absolute Gasteiger partial charge is 0.252 e. The van der Waals surface area contributed by atoms with Gasteiger partial charge in [-0.15, -0.1) is 0 Å². The lowest BCUT2D eigenvalue weighted by Crippen LogP contribution is -1.92. The van der Waals surface area contributed by atoms with Gasteiger partial charge in [0, 0.05) is 18.3 Å². The van der Waals surface area contributed by atoms with E-state index in [0.29, 0.717) is 0 Å². The van der Waals surface area contributed by atoms with Crippen LogP contribution in [0, 0.1) is 13.8 Å². The molecule has 1 aromatic rings. The van der Waals surface area contributed by atoms with E-state index < -0.39 is 0 Å². The van der Waals surface area contributed by atoms with Crippen molar-refractivity contribution in [3.63, 3.8) is 0 Å². The monoisotopic (exact) mass is 173 g/mol. The van der Waals surface area contributed by atoms with Crippen molar-refractivity contribution < 1.29 is 0 Å². The highest BCUT2D eigenvalue weighted by Gasteiger charge is 2.01. The highest BCUT2D eigenvalue weighted by Crippen LogP contribution is 2.02.